The zero-order chi connectivity index (χ0) is 16.0. The van der Waals surface area contributed by atoms with Crippen molar-refractivity contribution in [2.45, 2.75) is 74.1 Å². The maximum Gasteiger partial charge on any atom is 0.231 e. The molecular weight excluding hydrogens is 248 g/mol. The zero-order valence-corrected chi connectivity index (χ0v) is 14.7. The summed E-state index contributed by atoms with van der Waals surface area (Å²) in [6.07, 6.45) is 2.64. The Morgan fingerprint density at radius 2 is 1.50 bits per heavy atom. The molecule has 2 nitrogen and oxygen atoms in total. The quantitative estimate of drug-likeness (QED) is 0.625. The fourth-order valence-corrected chi connectivity index (χ4v) is 1.41. The second kappa shape index (κ2) is 14.2. The molecule has 1 heterocycles. The van der Waals surface area contributed by atoms with Crippen LogP contribution in [0.5, 0.6) is 11.5 Å². The van der Waals surface area contributed by atoms with E-state index in [0.717, 1.165) is 11.5 Å². The van der Waals surface area contributed by atoms with Crippen LogP contribution < -0.4 is 9.47 Å². The van der Waals surface area contributed by atoms with Crippen LogP contribution >= 0.6 is 0 Å². The number of hydrogen-bond acceptors (Lipinski definition) is 2. The predicted octanol–water partition coefficient (Wildman–Crippen LogP) is 6.40. The van der Waals surface area contributed by atoms with E-state index in [1.54, 1.807) is 0 Å². The lowest BCUT2D eigenvalue weighted by atomic mass is 10.0. The van der Waals surface area contributed by atoms with Gasteiger partial charge in [0.25, 0.3) is 0 Å². The van der Waals surface area contributed by atoms with Crippen molar-refractivity contribution in [1.29, 1.82) is 0 Å². The van der Waals surface area contributed by atoms with Gasteiger partial charge in [0, 0.05) is 5.56 Å². The molecule has 20 heavy (non-hydrogen) atoms. The summed E-state index contributed by atoms with van der Waals surface area (Å²) in [5.74, 6) is 2.29. The van der Waals surface area contributed by atoms with Gasteiger partial charge in [-0.05, 0) is 12.0 Å². The monoisotopic (exact) mass is 282 g/mol. The lowest BCUT2D eigenvalue weighted by Crippen LogP contribution is -1.95. The highest BCUT2D eigenvalue weighted by Crippen LogP contribution is 2.38. The molecule has 0 aliphatic carbocycles. The Kier molecular flexibility index (Phi) is 15.0. The van der Waals surface area contributed by atoms with Crippen molar-refractivity contribution < 1.29 is 9.47 Å². The Labute approximate surface area is 126 Å². The molecule has 0 amide bonds. The number of unbranched alkanes of at least 4 members (excludes halogenated alkanes) is 1. The van der Waals surface area contributed by atoms with Gasteiger partial charge in [-0.2, -0.15) is 0 Å². The van der Waals surface area contributed by atoms with Crippen LogP contribution in [0, 0.1) is 0 Å². The molecule has 0 N–H and O–H groups in total. The Bertz CT molecular complexity index is 317. The van der Waals surface area contributed by atoms with Crippen molar-refractivity contribution in [2.24, 2.45) is 0 Å². The van der Waals surface area contributed by atoms with Crippen molar-refractivity contribution in [1.82, 2.24) is 0 Å². The molecule has 0 fully saturated rings. The SMILES string of the molecule is CC.CC.CC(C)c1cccc2c1OCO2.CCCC. The predicted molar refractivity (Wildman–Crippen MR) is 89.9 cm³/mol. The number of ether oxygens (including phenoxy) is 2. The minimum absolute atomic E-state index is 0.360. The first-order chi connectivity index (χ1) is 9.70. The fourth-order valence-electron chi connectivity index (χ4n) is 1.41. The van der Waals surface area contributed by atoms with E-state index in [9.17, 15) is 0 Å². The van der Waals surface area contributed by atoms with Gasteiger partial charge in [0.2, 0.25) is 6.79 Å². The molecule has 0 bridgehead atoms. The summed E-state index contributed by atoms with van der Waals surface area (Å²) in [5, 5.41) is 0. The minimum Gasteiger partial charge on any atom is -0.454 e. The van der Waals surface area contributed by atoms with E-state index in [2.05, 4.69) is 33.8 Å². The molecule has 0 spiro atoms. The standard InChI is InChI=1S/C10H12O2.C4H10.2C2H6/c1-7(2)8-4-3-5-9-10(8)12-6-11-9;1-3-4-2;2*1-2/h3-5,7H,6H2,1-2H3;3-4H2,1-2H3;2*1-2H3. The van der Waals surface area contributed by atoms with Gasteiger partial charge in [0.1, 0.15) is 0 Å². The maximum atomic E-state index is 5.37. The molecule has 0 saturated carbocycles. The molecule has 0 aromatic heterocycles. The van der Waals surface area contributed by atoms with E-state index >= 15 is 0 Å². The zero-order valence-electron chi connectivity index (χ0n) is 14.7. The van der Waals surface area contributed by atoms with Gasteiger partial charge >= 0.3 is 0 Å². The maximum absolute atomic E-state index is 5.37. The minimum atomic E-state index is 0.360. The molecule has 1 aliphatic heterocycles. The van der Waals surface area contributed by atoms with Crippen molar-refractivity contribution in [3.05, 3.63) is 23.8 Å². The third-order valence-electron chi connectivity index (χ3n) is 2.55. The lowest BCUT2D eigenvalue weighted by molar-refractivity contribution is 0.173. The van der Waals surface area contributed by atoms with Crippen molar-refractivity contribution in [3.8, 4) is 11.5 Å². The normalized spacial score (nSPS) is 10.4. The third-order valence-corrected chi connectivity index (χ3v) is 2.55. The number of hydrogen-bond donors (Lipinski definition) is 0. The summed E-state index contributed by atoms with van der Waals surface area (Å²) in [6, 6.07) is 6.02. The topological polar surface area (TPSA) is 18.5 Å². The second-order valence-electron chi connectivity index (χ2n) is 4.24. The summed E-state index contributed by atoms with van der Waals surface area (Å²) >= 11 is 0. The van der Waals surface area contributed by atoms with E-state index in [0.29, 0.717) is 12.7 Å². The lowest BCUT2D eigenvalue weighted by Gasteiger charge is -2.07. The van der Waals surface area contributed by atoms with Crippen LogP contribution in [-0.4, -0.2) is 6.79 Å². The summed E-state index contributed by atoms with van der Waals surface area (Å²) in [5.41, 5.74) is 1.23. The van der Waals surface area contributed by atoms with Gasteiger partial charge in [-0.3, -0.25) is 0 Å². The largest absolute Gasteiger partial charge is 0.454 e. The van der Waals surface area contributed by atoms with E-state index in [4.69, 9.17) is 9.47 Å². The van der Waals surface area contributed by atoms with Crippen LogP contribution in [0.1, 0.15) is 79.7 Å². The fraction of sp³-hybridized carbons (Fsp3) is 0.667. The molecule has 1 aromatic carbocycles. The van der Waals surface area contributed by atoms with Gasteiger partial charge in [0.15, 0.2) is 11.5 Å². The molecule has 0 atom stereocenters. The number of fused-ring (bicyclic) bond motifs is 1. The van der Waals surface area contributed by atoms with Gasteiger partial charge in [-0.1, -0.05) is 80.4 Å². The van der Waals surface area contributed by atoms with Crippen LogP contribution in [0.4, 0.5) is 0 Å². The average Bonchev–Trinajstić information content (AvgIpc) is 2.99. The first-order valence-corrected chi connectivity index (χ1v) is 8.09. The first kappa shape index (κ1) is 21.1. The van der Waals surface area contributed by atoms with Gasteiger partial charge in [-0.25, -0.2) is 0 Å². The van der Waals surface area contributed by atoms with Crippen LogP contribution in [0.2, 0.25) is 0 Å². The van der Waals surface area contributed by atoms with E-state index in [1.165, 1.54) is 18.4 Å². The van der Waals surface area contributed by atoms with E-state index < -0.39 is 0 Å². The van der Waals surface area contributed by atoms with Crippen LogP contribution in [0.25, 0.3) is 0 Å². The Morgan fingerprint density at radius 3 is 1.95 bits per heavy atom. The van der Waals surface area contributed by atoms with Gasteiger partial charge in [-0.15, -0.1) is 0 Å². The third kappa shape index (κ3) is 7.42. The van der Waals surface area contributed by atoms with Crippen LogP contribution in [0.3, 0.4) is 0 Å². The van der Waals surface area contributed by atoms with Crippen molar-refractivity contribution in [3.63, 3.8) is 0 Å². The molecule has 0 radical (unpaired) electrons. The van der Waals surface area contributed by atoms with Crippen LogP contribution in [-0.2, 0) is 0 Å². The molecule has 2 rings (SSSR count). The molecule has 0 unspecified atom stereocenters. The highest BCUT2D eigenvalue weighted by molar-refractivity contribution is 5.49. The number of rotatable bonds is 2. The highest BCUT2D eigenvalue weighted by atomic mass is 16.7. The average molecular weight is 282 g/mol. The van der Waals surface area contributed by atoms with E-state index in [1.807, 2.05) is 39.8 Å². The molecule has 2 heteroatoms. The van der Waals surface area contributed by atoms with Crippen LogP contribution in [0.15, 0.2) is 18.2 Å². The Morgan fingerprint density at radius 1 is 0.950 bits per heavy atom. The summed E-state index contributed by atoms with van der Waals surface area (Å²) < 4.78 is 10.6. The Hall–Kier alpha value is -1.18. The summed E-state index contributed by atoms with van der Waals surface area (Å²) in [7, 11) is 0. The van der Waals surface area contributed by atoms with Gasteiger partial charge < -0.3 is 9.47 Å². The summed E-state index contributed by atoms with van der Waals surface area (Å²) in [6.45, 7) is 17.0. The van der Waals surface area contributed by atoms with Crippen molar-refractivity contribution >= 4 is 0 Å². The smallest absolute Gasteiger partial charge is 0.231 e. The van der Waals surface area contributed by atoms with E-state index in [-0.39, 0.29) is 0 Å². The molecular formula is C18H34O2. The number of benzene rings is 1. The first-order valence-electron chi connectivity index (χ1n) is 8.09. The molecule has 1 aliphatic rings. The number of para-hydroxylation sites is 1. The molecule has 1 aromatic rings. The summed E-state index contributed by atoms with van der Waals surface area (Å²) in [4.78, 5) is 0. The highest BCUT2D eigenvalue weighted by Gasteiger charge is 2.18. The second-order valence-corrected chi connectivity index (χ2v) is 4.24. The van der Waals surface area contributed by atoms with Crippen molar-refractivity contribution in [2.75, 3.05) is 6.79 Å². The molecule has 118 valence electrons. The van der Waals surface area contributed by atoms with Gasteiger partial charge in [0.05, 0.1) is 0 Å². The Balaban J connectivity index is 0. The molecule has 0 saturated heterocycles.